The van der Waals surface area contributed by atoms with Gasteiger partial charge in [-0.2, -0.15) is 0 Å². The summed E-state index contributed by atoms with van der Waals surface area (Å²) in [4.78, 5) is 0. The van der Waals surface area contributed by atoms with Crippen LogP contribution in [0, 0.1) is 11.6 Å². The summed E-state index contributed by atoms with van der Waals surface area (Å²) in [5, 5.41) is 10.1. The summed E-state index contributed by atoms with van der Waals surface area (Å²) >= 11 is 3.01. The molecule has 2 atom stereocenters. The summed E-state index contributed by atoms with van der Waals surface area (Å²) < 4.78 is 33.0. The molecule has 1 N–H and O–H groups in total. The normalized spacial score (nSPS) is 14.4. The lowest BCUT2D eigenvalue weighted by Crippen LogP contribution is -2.31. The van der Waals surface area contributed by atoms with Gasteiger partial charge < -0.3 is 9.84 Å². The molecule has 0 aromatic heterocycles. The number of halogens is 3. The number of hydrogen-bond donors (Lipinski definition) is 1. The molecule has 0 heterocycles. The molecule has 2 nitrogen and oxygen atoms in total. The maximum Gasteiger partial charge on any atom is 0.143 e. The summed E-state index contributed by atoms with van der Waals surface area (Å²) in [7, 11) is 0. The molecule has 108 valence electrons. The number of aliphatic hydroxyl groups is 1. The van der Waals surface area contributed by atoms with Crippen LogP contribution in [0.2, 0.25) is 0 Å². The van der Waals surface area contributed by atoms with E-state index in [0.717, 1.165) is 6.42 Å². The minimum atomic E-state index is -0.918. The van der Waals surface area contributed by atoms with Gasteiger partial charge in [0.25, 0.3) is 0 Å². The second kappa shape index (κ2) is 7.92. The third kappa shape index (κ3) is 4.51. The summed E-state index contributed by atoms with van der Waals surface area (Å²) in [6.45, 7) is 4.26. The van der Waals surface area contributed by atoms with Crippen molar-refractivity contribution in [3.8, 4) is 0 Å². The molecule has 0 radical (unpaired) electrons. The zero-order valence-corrected chi connectivity index (χ0v) is 12.7. The predicted octanol–water partition coefficient (Wildman–Crippen LogP) is 3.84. The van der Waals surface area contributed by atoms with Crippen LogP contribution in [0.15, 0.2) is 16.6 Å². The largest absolute Gasteiger partial charge is 0.390 e. The summed E-state index contributed by atoms with van der Waals surface area (Å²) in [6, 6.07) is 2.50. The molecule has 0 spiro atoms. The molecular formula is C14H19BrF2O2. The van der Waals surface area contributed by atoms with Crippen molar-refractivity contribution >= 4 is 15.9 Å². The lowest BCUT2D eigenvalue weighted by atomic mass is 10.00. The Hall–Kier alpha value is -0.520. The smallest absolute Gasteiger partial charge is 0.143 e. The van der Waals surface area contributed by atoms with Crippen LogP contribution < -0.4 is 0 Å². The molecule has 0 fully saturated rings. The van der Waals surface area contributed by atoms with Gasteiger partial charge in [-0.05, 0) is 41.4 Å². The van der Waals surface area contributed by atoms with E-state index in [1.165, 1.54) is 12.1 Å². The Labute approximate surface area is 120 Å². The standard InChI is InChI=1S/C14H19BrF2O2/c1-3-5-13(19-4-2)12(18)8-9-11(16)7-6-10(15)14(9)17/h6-7,12-13,18H,3-5,8H2,1-2H3. The highest BCUT2D eigenvalue weighted by molar-refractivity contribution is 9.10. The topological polar surface area (TPSA) is 29.5 Å². The van der Waals surface area contributed by atoms with E-state index in [9.17, 15) is 13.9 Å². The highest BCUT2D eigenvalue weighted by Gasteiger charge is 2.23. The SMILES string of the molecule is CCCC(OCC)C(O)Cc1c(F)ccc(Br)c1F. The molecule has 5 heteroatoms. The fourth-order valence-electron chi connectivity index (χ4n) is 1.98. The zero-order valence-electron chi connectivity index (χ0n) is 11.1. The van der Waals surface area contributed by atoms with Gasteiger partial charge in [0.15, 0.2) is 0 Å². The van der Waals surface area contributed by atoms with E-state index in [-0.39, 0.29) is 16.5 Å². The van der Waals surface area contributed by atoms with Crippen LogP contribution in [0.5, 0.6) is 0 Å². The van der Waals surface area contributed by atoms with Gasteiger partial charge in [0, 0.05) is 18.6 Å². The summed E-state index contributed by atoms with van der Waals surface area (Å²) in [5.41, 5.74) is -0.109. The molecule has 1 rings (SSSR count). The third-order valence-electron chi connectivity index (χ3n) is 2.94. The Balaban J connectivity index is 2.85. The van der Waals surface area contributed by atoms with Gasteiger partial charge in [-0.1, -0.05) is 13.3 Å². The van der Waals surface area contributed by atoms with Gasteiger partial charge in [-0.3, -0.25) is 0 Å². The van der Waals surface area contributed by atoms with Crippen LogP contribution in [0.4, 0.5) is 8.78 Å². The number of rotatable bonds is 7. The molecular weight excluding hydrogens is 318 g/mol. The molecule has 0 saturated carbocycles. The molecule has 1 aromatic rings. The lowest BCUT2D eigenvalue weighted by molar-refractivity contribution is -0.0369. The van der Waals surface area contributed by atoms with Crippen LogP contribution in [0.3, 0.4) is 0 Å². The van der Waals surface area contributed by atoms with E-state index in [4.69, 9.17) is 4.74 Å². The average molecular weight is 337 g/mol. The summed E-state index contributed by atoms with van der Waals surface area (Å²) in [5.74, 6) is -1.31. The lowest BCUT2D eigenvalue weighted by Gasteiger charge is -2.23. The van der Waals surface area contributed by atoms with Crippen molar-refractivity contribution in [2.75, 3.05) is 6.61 Å². The highest BCUT2D eigenvalue weighted by atomic mass is 79.9. The molecule has 0 bridgehead atoms. The van der Waals surface area contributed by atoms with Crippen LogP contribution in [0.1, 0.15) is 32.3 Å². The fourth-order valence-corrected chi connectivity index (χ4v) is 2.35. The molecule has 0 amide bonds. The van der Waals surface area contributed by atoms with Crippen LogP contribution in [-0.4, -0.2) is 23.9 Å². The first-order valence-corrected chi connectivity index (χ1v) is 7.22. The van der Waals surface area contributed by atoms with Gasteiger partial charge in [-0.25, -0.2) is 8.78 Å². The molecule has 2 unspecified atom stereocenters. The second-order valence-corrected chi connectivity index (χ2v) is 5.23. The quantitative estimate of drug-likeness (QED) is 0.766. The Morgan fingerprint density at radius 2 is 2.00 bits per heavy atom. The Morgan fingerprint density at radius 1 is 1.32 bits per heavy atom. The van der Waals surface area contributed by atoms with Crippen molar-refractivity contribution in [3.63, 3.8) is 0 Å². The predicted molar refractivity (Wildman–Crippen MR) is 74.1 cm³/mol. The first-order valence-electron chi connectivity index (χ1n) is 6.43. The van der Waals surface area contributed by atoms with Crippen molar-refractivity contribution in [2.24, 2.45) is 0 Å². The Morgan fingerprint density at radius 3 is 2.58 bits per heavy atom. The molecule has 0 aliphatic carbocycles. The van der Waals surface area contributed by atoms with Gasteiger partial charge in [0.2, 0.25) is 0 Å². The minimum Gasteiger partial charge on any atom is -0.390 e. The molecule has 0 saturated heterocycles. The van der Waals surface area contributed by atoms with Gasteiger partial charge >= 0.3 is 0 Å². The minimum absolute atomic E-state index is 0.0955. The number of hydrogen-bond acceptors (Lipinski definition) is 2. The van der Waals surface area contributed by atoms with E-state index in [2.05, 4.69) is 15.9 Å². The molecule has 19 heavy (non-hydrogen) atoms. The average Bonchev–Trinajstić information content (AvgIpc) is 2.38. The molecule has 0 aliphatic rings. The maximum atomic E-state index is 13.8. The van der Waals surface area contributed by atoms with Gasteiger partial charge in [0.1, 0.15) is 11.6 Å². The molecule has 0 aliphatic heterocycles. The third-order valence-corrected chi connectivity index (χ3v) is 3.55. The summed E-state index contributed by atoms with van der Waals surface area (Å²) in [6.07, 6.45) is 0.0881. The van der Waals surface area contributed by atoms with Crippen molar-refractivity contribution in [2.45, 2.75) is 45.3 Å². The van der Waals surface area contributed by atoms with Gasteiger partial charge in [-0.15, -0.1) is 0 Å². The van der Waals surface area contributed by atoms with E-state index < -0.39 is 23.8 Å². The first-order chi connectivity index (χ1) is 9.01. The van der Waals surface area contributed by atoms with E-state index in [1.807, 2.05) is 13.8 Å². The van der Waals surface area contributed by atoms with Gasteiger partial charge in [0.05, 0.1) is 16.7 Å². The maximum absolute atomic E-state index is 13.8. The Bertz CT molecular complexity index is 407. The Kier molecular flexibility index (Phi) is 6.89. The van der Waals surface area contributed by atoms with Crippen molar-refractivity contribution in [1.82, 2.24) is 0 Å². The van der Waals surface area contributed by atoms with Crippen molar-refractivity contribution in [1.29, 1.82) is 0 Å². The monoisotopic (exact) mass is 336 g/mol. The zero-order chi connectivity index (χ0) is 14.4. The highest BCUT2D eigenvalue weighted by Crippen LogP contribution is 2.24. The molecule has 1 aromatic carbocycles. The van der Waals surface area contributed by atoms with Crippen molar-refractivity contribution in [3.05, 3.63) is 33.8 Å². The van der Waals surface area contributed by atoms with E-state index in [0.29, 0.717) is 13.0 Å². The van der Waals surface area contributed by atoms with Crippen LogP contribution in [0.25, 0.3) is 0 Å². The fraction of sp³-hybridized carbons (Fsp3) is 0.571. The van der Waals surface area contributed by atoms with E-state index >= 15 is 0 Å². The number of aliphatic hydroxyl groups excluding tert-OH is 1. The van der Waals surface area contributed by atoms with Crippen LogP contribution >= 0.6 is 15.9 Å². The number of ether oxygens (including phenoxy) is 1. The van der Waals surface area contributed by atoms with Crippen LogP contribution in [-0.2, 0) is 11.2 Å². The first kappa shape index (κ1) is 16.5. The van der Waals surface area contributed by atoms with E-state index in [1.54, 1.807) is 0 Å². The number of benzene rings is 1. The second-order valence-electron chi connectivity index (χ2n) is 4.38. The van der Waals surface area contributed by atoms with Crippen molar-refractivity contribution < 1.29 is 18.6 Å².